The molecule has 0 aliphatic carbocycles. The molecule has 0 unspecified atom stereocenters. The molecule has 1 N–H and O–H groups in total. The van der Waals surface area contributed by atoms with Crippen LogP contribution in [-0.4, -0.2) is 62.5 Å². The topological polar surface area (TPSA) is 79.3 Å². The number of hydrogen-bond donors (Lipinski definition) is 1. The van der Waals surface area contributed by atoms with Crippen LogP contribution in [0.5, 0.6) is 0 Å². The lowest BCUT2D eigenvalue weighted by atomic mass is 10.0. The highest BCUT2D eigenvalue weighted by Crippen LogP contribution is 2.31. The largest absolute Gasteiger partial charge is 0.444 e. The number of benzene rings is 2. The number of aromatic amines is 1. The van der Waals surface area contributed by atoms with Crippen molar-refractivity contribution in [2.24, 2.45) is 0 Å². The Morgan fingerprint density at radius 1 is 0.927 bits per heavy atom. The highest BCUT2D eigenvalue weighted by atomic mass is 16.6. The van der Waals surface area contributed by atoms with Crippen LogP contribution >= 0.6 is 0 Å². The number of anilines is 1. The first-order valence-corrected chi connectivity index (χ1v) is 14.2. The van der Waals surface area contributed by atoms with Gasteiger partial charge in [0, 0.05) is 79.1 Å². The fraction of sp³-hybridized carbons (Fsp3) is 0.303. The number of fused-ring (bicyclic) bond motifs is 1. The van der Waals surface area contributed by atoms with Crippen LogP contribution in [0.3, 0.4) is 0 Å². The quantitative estimate of drug-likeness (QED) is 0.266. The minimum atomic E-state index is -0.479. The molecule has 2 aromatic carbocycles. The lowest BCUT2D eigenvalue weighted by Gasteiger charge is -2.36. The Labute approximate surface area is 240 Å². The summed E-state index contributed by atoms with van der Waals surface area (Å²) in [6.45, 7) is 9.37. The van der Waals surface area contributed by atoms with E-state index in [1.165, 1.54) is 5.56 Å². The van der Waals surface area contributed by atoms with Crippen molar-refractivity contribution >= 4 is 22.8 Å². The van der Waals surface area contributed by atoms with Gasteiger partial charge in [0.15, 0.2) is 0 Å². The van der Waals surface area contributed by atoms with Gasteiger partial charge in [-0.05, 0) is 56.5 Å². The molecule has 1 aliphatic heterocycles. The van der Waals surface area contributed by atoms with Gasteiger partial charge in [-0.25, -0.2) is 9.78 Å². The van der Waals surface area contributed by atoms with Gasteiger partial charge in [-0.1, -0.05) is 42.5 Å². The third-order valence-corrected chi connectivity index (χ3v) is 7.44. The van der Waals surface area contributed by atoms with Gasteiger partial charge in [-0.15, -0.1) is 0 Å². The highest BCUT2D eigenvalue weighted by Gasteiger charge is 2.26. The van der Waals surface area contributed by atoms with Crippen LogP contribution in [0.15, 0.2) is 85.5 Å². The second-order valence-electron chi connectivity index (χ2n) is 11.6. The molecule has 0 spiro atoms. The molecule has 6 rings (SSSR count). The van der Waals surface area contributed by atoms with Gasteiger partial charge in [0.1, 0.15) is 11.2 Å². The van der Waals surface area contributed by atoms with E-state index in [1.54, 1.807) is 4.90 Å². The normalized spacial score (nSPS) is 14.0. The Hall–Kier alpha value is -4.59. The van der Waals surface area contributed by atoms with Crippen molar-refractivity contribution in [3.8, 4) is 22.3 Å². The number of nitrogens with one attached hydrogen (secondary N) is 1. The monoisotopic (exact) mass is 548 g/mol. The van der Waals surface area contributed by atoms with Gasteiger partial charge >= 0.3 is 6.09 Å². The summed E-state index contributed by atoms with van der Waals surface area (Å²) in [6, 6.07) is 21.3. The Bertz CT molecular complexity index is 1620. The number of rotatable bonds is 6. The second-order valence-corrected chi connectivity index (χ2v) is 11.6. The summed E-state index contributed by atoms with van der Waals surface area (Å²) >= 11 is 0. The molecule has 1 fully saturated rings. The summed E-state index contributed by atoms with van der Waals surface area (Å²) in [5.41, 5.74) is 7.19. The van der Waals surface area contributed by atoms with Crippen molar-refractivity contribution in [1.82, 2.24) is 24.6 Å². The van der Waals surface area contributed by atoms with Crippen molar-refractivity contribution in [3.05, 3.63) is 91.0 Å². The molecule has 8 nitrogen and oxygen atoms in total. The van der Waals surface area contributed by atoms with Crippen LogP contribution in [0.2, 0.25) is 0 Å². The maximum absolute atomic E-state index is 12.4. The van der Waals surface area contributed by atoms with Gasteiger partial charge in [-0.3, -0.25) is 4.68 Å². The number of carbonyl (C=O) groups is 1. The summed E-state index contributed by atoms with van der Waals surface area (Å²) in [5, 5.41) is 5.68. The van der Waals surface area contributed by atoms with Crippen LogP contribution in [-0.2, 0) is 17.7 Å². The average molecular weight is 549 g/mol. The van der Waals surface area contributed by atoms with Gasteiger partial charge in [0.05, 0.1) is 6.20 Å². The summed E-state index contributed by atoms with van der Waals surface area (Å²) in [4.78, 5) is 24.5. The molecule has 41 heavy (non-hydrogen) atoms. The summed E-state index contributed by atoms with van der Waals surface area (Å²) in [6.07, 6.45) is 8.67. The van der Waals surface area contributed by atoms with E-state index >= 15 is 0 Å². The van der Waals surface area contributed by atoms with Crippen molar-refractivity contribution in [2.75, 3.05) is 31.1 Å². The molecule has 5 aromatic rings. The van der Waals surface area contributed by atoms with Crippen LogP contribution in [0.1, 0.15) is 26.3 Å². The van der Waals surface area contributed by atoms with E-state index in [1.807, 2.05) is 50.1 Å². The summed E-state index contributed by atoms with van der Waals surface area (Å²) in [5.74, 6) is 0. The van der Waals surface area contributed by atoms with Gasteiger partial charge < -0.3 is 19.5 Å². The van der Waals surface area contributed by atoms with Crippen molar-refractivity contribution < 1.29 is 9.53 Å². The minimum absolute atomic E-state index is 0.237. The predicted molar refractivity (Wildman–Crippen MR) is 163 cm³/mol. The van der Waals surface area contributed by atoms with Crippen LogP contribution in [0, 0.1) is 0 Å². The van der Waals surface area contributed by atoms with E-state index in [9.17, 15) is 4.79 Å². The zero-order valence-corrected chi connectivity index (χ0v) is 23.9. The molecule has 1 aliphatic rings. The lowest BCUT2D eigenvalue weighted by molar-refractivity contribution is 0.0240. The van der Waals surface area contributed by atoms with Gasteiger partial charge in [-0.2, -0.15) is 5.10 Å². The standard InChI is InChI=1S/C33H36N6O2/c1-33(2,3)41-32(40)38-17-15-37(16-18-38)28-11-9-25(10-12-28)26-19-29-30(22-35-31(29)34-20-26)27-21-36-39(23-27)14-13-24-7-5-4-6-8-24/h4-12,19-23H,13-18H2,1-3H3,(H,34,35). The molecular weight excluding hydrogens is 512 g/mol. The molecule has 4 heterocycles. The fourth-order valence-corrected chi connectivity index (χ4v) is 5.25. The Morgan fingerprint density at radius 2 is 1.68 bits per heavy atom. The first-order chi connectivity index (χ1) is 19.8. The zero-order valence-electron chi connectivity index (χ0n) is 23.9. The average Bonchev–Trinajstić information content (AvgIpc) is 3.62. The van der Waals surface area contributed by atoms with Gasteiger partial charge in [0.25, 0.3) is 0 Å². The fourth-order valence-electron chi connectivity index (χ4n) is 5.25. The number of carbonyl (C=O) groups excluding carboxylic acids is 1. The third kappa shape index (κ3) is 6.11. The van der Waals surface area contributed by atoms with Crippen LogP contribution < -0.4 is 4.90 Å². The molecule has 210 valence electrons. The molecule has 1 saturated heterocycles. The van der Waals surface area contributed by atoms with E-state index in [2.05, 4.69) is 75.8 Å². The maximum Gasteiger partial charge on any atom is 0.410 e. The highest BCUT2D eigenvalue weighted by molar-refractivity contribution is 5.95. The Balaban J connectivity index is 1.13. The molecule has 3 aromatic heterocycles. The number of aryl methyl sites for hydroxylation is 2. The number of piperazine rings is 1. The summed E-state index contributed by atoms with van der Waals surface area (Å²) < 4.78 is 7.53. The predicted octanol–water partition coefficient (Wildman–Crippen LogP) is 6.39. The SMILES string of the molecule is CC(C)(C)OC(=O)N1CCN(c2ccc(-c3cnc4[nH]cc(-c5cnn(CCc6ccccc6)c5)c4c3)cc2)CC1. The number of nitrogens with zero attached hydrogens (tertiary/aromatic N) is 5. The molecule has 0 bridgehead atoms. The number of hydrogen-bond acceptors (Lipinski definition) is 5. The molecule has 0 radical (unpaired) electrons. The number of ether oxygens (including phenoxy) is 1. The van der Waals surface area contributed by atoms with Gasteiger partial charge in [0.2, 0.25) is 0 Å². The smallest absolute Gasteiger partial charge is 0.410 e. The van der Waals surface area contributed by atoms with Crippen LogP contribution in [0.25, 0.3) is 33.3 Å². The number of H-pyrrole nitrogens is 1. The number of pyridine rings is 1. The first-order valence-electron chi connectivity index (χ1n) is 14.2. The zero-order chi connectivity index (χ0) is 28.4. The van der Waals surface area contributed by atoms with Crippen molar-refractivity contribution in [2.45, 2.75) is 39.3 Å². The Morgan fingerprint density at radius 3 is 2.41 bits per heavy atom. The molecule has 0 saturated carbocycles. The van der Waals surface area contributed by atoms with E-state index < -0.39 is 5.60 Å². The second kappa shape index (κ2) is 11.1. The molecular formula is C33H36N6O2. The molecule has 8 heteroatoms. The third-order valence-electron chi connectivity index (χ3n) is 7.44. The minimum Gasteiger partial charge on any atom is -0.444 e. The lowest BCUT2D eigenvalue weighted by Crippen LogP contribution is -2.50. The van der Waals surface area contributed by atoms with E-state index in [0.717, 1.165) is 65.0 Å². The van der Waals surface area contributed by atoms with Crippen molar-refractivity contribution in [1.29, 1.82) is 0 Å². The summed E-state index contributed by atoms with van der Waals surface area (Å²) in [7, 11) is 0. The van der Waals surface area contributed by atoms with Crippen LogP contribution in [0.4, 0.5) is 10.5 Å². The number of amides is 1. The van der Waals surface area contributed by atoms with E-state index in [-0.39, 0.29) is 6.09 Å². The Kier molecular flexibility index (Phi) is 7.22. The maximum atomic E-state index is 12.4. The van der Waals surface area contributed by atoms with E-state index in [4.69, 9.17) is 9.72 Å². The molecule has 0 atom stereocenters. The number of aromatic nitrogens is 4. The van der Waals surface area contributed by atoms with E-state index in [0.29, 0.717) is 13.1 Å². The van der Waals surface area contributed by atoms with Crippen molar-refractivity contribution in [3.63, 3.8) is 0 Å². The first kappa shape index (κ1) is 26.6. The molecule has 1 amide bonds.